The standard InChI is InChI=1S/C18H21N3O3/c22-17-12-21(11-16(17)20-6-8-24-9-7-20)18(23)14-3-4-15-13(10-14)2-1-5-19-15/h1-5,10,16-17,22H,6-9,11-12H2/t16-,17-/m1/s1. The molecule has 0 unspecified atom stereocenters. The van der Waals surface area contributed by atoms with Crippen molar-refractivity contribution in [3.63, 3.8) is 0 Å². The number of hydrogen-bond acceptors (Lipinski definition) is 5. The maximum absolute atomic E-state index is 12.8. The second kappa shape index (κ2) is 6.47. The molecule has 126 valence electrons. The van der Waals surface area contributed by atoms with Crippen LogP contribution in [0.4, 0.5) is 0 Å². The molecule has 1 aromatic carbocycles. The number of carbonyl (C=O) groups is 1. The Bertz CT molecular complexity index is 745. The molecule has 0 spiro atoms. The second-order valence-electron chi connectivity index (χ2n) is 6.40. The lowest BCUT2D eigenvalue weighted by Gasteiger charge is -2.33. The number of rotatable bonds is 2. The molecular formula is C18H21N3O3. The second-order valence-corrected chi connectivity index (χ2v) is 6.40. The van der Waals surface area contributed by atoms with Crippen LogP contribution in [0.5, 0.6) is 0 Å². The predicted molar refractivity (Wildman–Crippen MR) is 89.8 cm³/mol. The average molecular weight is 327 g/mol. The average Bonchev–Trinajstić information content (AvgIpc) is 3.03. The van der Waals surface area contributed by atoms with Crippen LogP contribution in [0, 0.1) is 0 Å². The van der Waals surface area contributed by atoms with Gasteiger partial charge in [0.25, 0.3) is 5.91 Å². The van der Waals surface area contributed by atoms with Crippen LogP contribution in [-0.4, -0.2) is 77.3 Å². The topological polar surface area (TPSA) is 65.9 Å². The number of pyridine rings is 1. The first-order valence-corrected chi connectivity index (χ1v) is 8.36. The third-order valence-electron chi connectivity index (χ3n) is 4.91. The summed E-state index contributed by atoms with van der Waals surface area (Å²) >= 11 is 0. The SMILES string of the molecule is O=C(c1ccc2ncccc2c1)N1C[C@@H](O)[C@H](N2CCOCC2)C1. The van der Waals surface area contributed by atoms with Gasteiger partial charge in [0, 0.05) is 43.3 Å². The van der Waals surface area contributed by atoms with Gasteiger partial charge in [-0.25, -0.2) is 0 Å². The normalized spacial score (nSPS) is 25.3. The molecule has 1 aromatic heterocycles. The first kappa shape index (κ1) is 15.5. The highest BCUT2D eigenvalue weighted by Crippen LogP contribution is 2.21. The molecule has 2 aliphatic rings. The summed E-state index contributed by atoms with van der Waals surface area (Å²) in [6, 6.07) is 9.37. The lowest BCUT2D eigenvalue weighted by Crippen LogP contribution is -2.49. The Morgan fingerprint density at radius 2 is 2.04 bits per heavy atom. The summed E-state index contributed by atoms with van der Waals surface area (Å²) in [4.78, 5) is 21.1. The number of β-amino-alcohol motifs (C(OH)–C–C–N with tert-alkyl or cyclic N) is 1. The molecule has 1 N–H and O–H groups in total. The third kappa shape index (κ3) is 2.88. The molecular weight excluding hydrogens is 306 g/mol. The molecule has 0 aliphatic carbocycles. The molecule has 2 aromatic rings. The first-order chi connectivity index (χ1) is 11.7. The van der Waals surface area contributed by atoms with Gasteiger partial charge in [-0.15, -0.1) is 0 Å². The number of aliphatic hydroxyl groups is 1. The van der Waals surface area contributed by atoms with Crippen molar-refractivity contribution in [2.45, 2.75) is 12.1 Å². The number of amides is 1. The van der Waals surface area contributed by atoms with E-state index in [0.29, 0.717) is 31.9 Å². The minimum absolute atomic E-state index is 0.0000249. The van der Waals surface area contributed by atoms with E-state index >= 15 is 0 Å². The third-order valence-corrected chi connectivity index (χ3v) is 4.91. The van der Waals surface area contributed by atoms with Crippen LogP contribution in [0.15, 0.2) is 36.5 Å². The van der Waals surface area contributed by atoms with Gasteiger partial charge in [0.1, 0.15) is 0 Å². The Hall–Kier alpha value is -2.02. The van der Waals surface area contributed by atoms with Crippen molar-refractivity contribution in [1.29, 1.82) is 0 Å². The summed E-state index contributed by atoms with van der Waals surface area (Å²) in [5, 5.41) is 11.3. The van der Waals surface area contributed by atoms with Crippen LogP contribution >= 0.6 is 0 Å². The van der Waals surface area contributed by atoms with Gasteiger partial charge >= 0.3 is 0 Å². The number of benzene rings is 1. The van der Waals surface area contributed by atoms with Crippen LogP contribution in [-0.2, 0) is 4.74 Å². The van der Waals surface area contributed by atoms with Crippen LogP contribution in [0.2, 0.25) is 0 Å². The highest BCUT2D eigenvalue weighted by atomic mass is 16.5. The van der Waals surface area contributed by atoms with E-state index in [1.807, 2.05) is 30.3 Å². The van der Waals surface area contributed by atoms with Crippen molar-refractivity contribution in [1.82, 2.24) is 14.8 Å². The number of aromatic nitrogens is 1. The maximum atomic E-state index is 12.8. The Labute approximate surface area is 140 Å². The first-order valence-electron chi connectivity index (χ1n) is 8.36. The lowest BCUT2D eigenvalue weighted by atomic mass is 10.1. The summed E-state index contributed by atoms with van der Waals surface area (Å²) in [5.41, 5.74) is 1.52. The lowest BCUT2D eigenvalue weighted by molar-refractivity contribution is -0.00611. The molecule has 0 saturated carbocycles. The summed E-state index contributed by atoms with van der Waals surface area (Å²) in [6.07, 6.45) is 1.24. The highest BCUT2D eigenvalue weighted by molar-refractivity contribution is 5.98. The largest absolute Gasteiger partial charge is 0.390 e. The number of nitrogens with zero attached hydrogens (tertiary/aromatic N) is 3. The van der Waals surface area contributed by atoms with Crippen LogP contribution in [0.1, 0.15) is 10.4 Å². The van der Waals surface area contributed by atoms with Gasteiger partial charge in [-0.05, 0) is 24.3 Å². The Morgan fingerprint density at radius 1 is 1.21 bits per heavy atom. The van der Waals surface area contributed by atoms with E-state index in [4.69, 9.17) is 4.74 Å². The van der Waals surface area contributed by atoms with Gasteiger partial charge in [0.15, 0.2) is 0 Å². The van der Waals surface area contributed by atoms with Gasteiger partial charge in [-0.1, -0.05) is 6.07 Å². The molecule has 2 fully saturated rings. The van der Waals surface area contributed by atoms with E-state index in [1.54, 1.807) is 11.1 Å². The fourth-order valence-electron chi connectivity index (χ4n) is 3.59. The summed E-state index contributed by atoms with van der Waals surface area (Å²) in [6.45, 7) is 3.94. The van der Waals surface area contributed by atoms with E-state index < -0.39 is 6.10 Å². The van der Waals surface area contributed by atoms with Gasteiger partial charge < -0.3 is 14.7 Å². The quantitative estimate of drug-likeness (QED) is 0.882. The van der Waals surface area contributed by atoms with Crippen molar-refractivity contribution < 1.29 is 14.6 Å². The number of carbonyl (C=O) groups excluding carboxylic acids is 1. The fourth-order valence-corrected chi connectivity index (χ4v) is 3.59. The molecule has 2 saturated heterocycles. The molecule has 4 rings (SSSR count). The van der Waals surface area contributed by atoms with Crippen LogP contribution < -0.4 is 0 Å². The fraction of sp³-hybridized carbons (Fsp3) is 0.444. The minimum Gasteiger partial charge on any atom is -0.390 e. The van der Waals surface area contributed by atoms with Gasteiger partial charge in [0.2, 0.25) is 0 Å². The summed E-state index contributed by atoms with van der Waals surface area (Å²) in [7, 11) is 0. The number of morpholine rings is 1. The molecule has 24 heavy (non-hydrogen) atoms. The Kier molecular flexibility index (Phi) is 4.18. The summed E-state index contributed by atoms with van der Waals surface area (Å²) in [5.74, 6) is -0.0319. The van der Waals surface area contributed by atoms with Crippen molar-refractivity contribution in [3.05, 3.63) is 42.1 Å². The molecule has 1 amide bonds. The number of hydrogen-bond donors (Lipinski definition) is 1. The van der Waals surface area contributed by atoms with E-state index in [9.17, 15) is 9.90 Å². The van der Waals surface area contributed by atoms with Crippen LogP contribution in [0.25, 0.3) is 10.9 Å². The highest BCUT2D eigenvalue weighted by Gasteiger charge is 2.38. The van der Waals surface area contributed by atoms with Gasteiger partial charge in [-0.3, -0.25) is 14.7 Å². The smallest absolute Gasteiger partial charge is 0.254 e. The molecule has 6 heteroatoms. The molecule has 0 radical (unpaired) electrons. The zero-order valence-electron chi connectivity index (χ0n) is 13.5. The number of aliphatic hydroxyl groups excluding tert-OH is 1. The Balaban J connectivity index is 1.51. The van der Waals surface area contributed by atoms with Crippen molar-refractivity contribution in [2.75, 3.05) is 39.4 Å². The van der Waals surface area contributed by atoms with Gasteiger partial charge in [0.05, 0.1) is 30.9 Å². The predicted octanol–water partition coefficient (Wildman–Crippen LogP) is 0.752. The monoisotopic (exact) mass is 327 g/mol. The number of ether oxygens (including phenoxy) is 1. The van der Waals surface area contributed by atoms with E-state index in [-0.39, 0.29) is 11.9 Å². The minimum atomic E-state index is -0.505. The molecule has 6 nitrogen and oxygen atoms in total. The van der Waals surface area contributed by atoms with Crippen LogP contribution in [0.3, 0.4) is 0 Å². The number of likely N-dealkylation sites (tertiary alicyclic amines) is 1. The Morgan fingerprint density at radius 3 is 2.88 bits per heavy atom. The zero-order valence-corrected chi connectivity index (χ0v) is 13.5. The summed E-state index contributed by atoms with van der Waals surface area (Å²) < 4.78 is 5.37. The van der Waals surface area contributed by atoms with Crippen molar-refractivity contribution in [2.24, 2.45) is 0 Å². The van der Waals surface area contributed by atoms with E-state index in [0.717, 1.165) is 24.0 Å². The van der Waals surface area contributed by atoms with E-state index in [2.05, 4.69) is 9.88 Å². The van der Waals surface area contributed by atoms with Crippen molar-refractivity contribution >= 4 is 16.8 Å². The van der Waals surface area contributed by atoms with E-state index in [1.165, 1.54) is 0 Å². The maximum Gasteiger partial charge on any atom is 0.254 e. The van der Waals surface area contributed by atoms with Crippen molar-refractivity contribution in [3.8, 4) is 0 Å². The zero-order chi connectivity index (χ0) is 16.5. The molecule has 3 heterocycles. The van der Waals surface area contributed by atoms with Gasteiger partial charge in [-0.2, -0.15) is 0 Å². The number of fused-ring (bicyclic) bond motifs is 1. The molecule has 2 aliphatic heterocycles. The molecule has 2 atom stereocenters. The molecule has 0 bridgehead atoms.